The highest BCUT2D eigenvalue weighted by molar-refractivity contribution is 14.1. The Morgan fingerprint density at radius 3 is 2.40 bits per heavy atom. The van der Waals surface area contributed by atoms with Crippen LogP contribution in [0.2, 0.25) is 0 Å². The summed E-state index contributed by atoms with van der Waals surface area (Å²) in [5.41, 5.74) is 4.03. The molecule has 4 aromatic rings. The molecule has 0 aliphatic heterocycles. The predicted molar refractivity (Wildman–Crippen MR) is 150 cm³/mol. The van der Waals surface area contributed by atoms with E-state index in [1.807, 2.05) is 36.4 Å². The Morgan fingerprint density at radius 2 is 1.71 bits per heavy atom. The lowest BCUT2D eigenvalue weighted by Gasteiger charge is -2.11. The maximum absolute atomic E-state index is 12.5. The number of nitro benzene ring substituents is 1. The van der Waals surface area contributed by atoms with Crippen molar-refractivity contribution >= 4 is 73.8 Å². The summed E-state index contributed by atoms with van der Waals surface area (Å²) in [6.07, 6.45) is 1.50. The summed E-state index contributed by atoms with van der Waals surface area (Å²) < 4.78 is 7.55. The zero-order chi connectivity index (χ0) is 24.9. The maximum atomic E-state index is 12.5. The number of rotatable bonds is 7. The van der Waals surface area contributed by atoms with Crippen LogP contribution < -0.4 is 10.2 Å². The van der Waals surface area contributed by atoms with Crippen LogP contribution in [0.1, 0.15) is 21.5 Å². The molecule has 0 aromatic heterocycles. The number of phenols is 1. The molecule has 0 saturated heterocycles. The number of hydrogen-bond acceptors (Lipinski definition) is 6. The normalized spacial score (nSPS) is 11.0. The minimum atomic E-state index is -0.522. The molecule has 0 spiro atoms. The fraction of sp³-hybridized carbons (Fsp3) is 0.0400. The van der Waals surface area contributed by atoms with Crippen molar-refractivity contribution in [3.8, 4) is 11.5 Å². The summed E-state index contributed by atoms with van der Waals surface area (Å²) in [6.45, 7) is 0.187. The molecule has 0 aliphatic carbocycles. The van der Waals surface area contributed by atoms with Crippen LogP contribution in [0.4, 0.5) is 5.69 Å². The average Bonchev–Trinajstić information content (AvgIpc) is 2.83. The zero-order valence-corrected chi connectivity index (χ0v) is 22.3. The Labute approximate surface area is 227 Å². The number of nitrogens with one attached hydrogen (secondary N) is 1. The molecule has 35 heavy (non-hydrogen) atoms. The maximum Gasteiger partial charge on any atom is 0.275 e. The molecule has 176 valence electrons. The number of hydrazone groups is 1. The number of aromatic hydroxyl groups is 1. The van der Waals surface area contributed by atoms with Gasteiger partial charge in [-0.15, -0.1) is 0 Å². The van der Waals surface area contributed by atoms with Gasteiger partial charge in [-0.2, -0.15) is 5.10 Å². The number of ether oxygens (including phenoxy) is 1. The third-order valence-corrected chi connectivity index (χ3v) is 6.62. The molecule has 2 N–H and O–H groups in total. The van der Waals surface area contributed by atoms with Gasteiger partial charge in [0, 0.05) is 12.1 Å². The average molecular weight is 693 g/mol. The van der Waals surface area contributed by atoms with Gasteiger partial charge in [0.2, 0.25) is 0 Å². The van der Waals surface area contributed by atoms with Gasteiger partial charge >= 0.3 is 0 Å². The van der Waals surface area contributed by atoms with Gasteiger partial charge in [-0.25, -0.2) is 5.43 Å². The van der Waals surface area contributed by atoms with Gasteiger partial charge in [-0.1, -0.05) is 36.4 Å². The van der Waals surface area contributed by atoms with E-state index < -0.39 is 10.8 Å². The molecule has 0 aliphatic rings. The van der Waals surface area contributed by atoms with Crippen LogP contribution in [0.25, 0.3) is 10.8 Å². The van der Waals surface area contributed by atoms with Crippen molar-refractivity contribution in [2.24, 2.45) is 5.10 Å². The lowest BCUT2D eigenvalue weighted by Crippen LogP contribution is -2.17. The predicted octanol–water partition coefficient (Wildman–Crippen LogP) is 6.01. The number of nitrogens with zero attached hydrogens (tertiary/aromatic N) is 2. The topological polar surface area (TPSA) is 114 Å². The minimum absolute atomic E-state index is 0.0149. The number of fused-ring (bicyclic) bond motifs is 1. The van der Waals surface area contributed by atoms with E-state index in [0.29, 0.717) is 11.3 Å². The summed E-state index contributed by atoms with van der Waals surface area (Å²) in [5.74, 6) is 0.0107. The molecule has 0 fully saturated rings. The Balaban J connectivity index is 1.43. The third-order valence-electron chi connectivity index (χ3n) is 5.01. The molecular formula is C25H17I2N3O5. The number of halogens is 2. The number of carbonyl (C=O) groups is 1. The summed E-state index contributed by atoms with van der Waals surface area (Å²) in [7, 11) is 0. The second-order valence-corrected chi connectivity index (χ2v) is 9.77. The van der Waals surface area contributed by atoms with Crippen LogP contribution >= 0.6 is 45.2 Å². The summed E-state index contributed by atoms with van der Waals surface area (Å²) in [6, 6.07) is 20.6. The van der Waals surface area contributed by atoms with Gasteiger partial charge in [0.05, 0.1) is 23.8 Å². The highest BCUT2D eigenvalue weighted by atomic mass is 127. The highest BCUT2D eigenvalue weighted by Gasteiger charge is 2.13. The van der Waals surface area contributed by atoms with E-state index in [1.54, 1.807) is 24.3 Å². The van der Waals surface area contributed by atoms with E-state index in [0.717, 1.165) is 23.5 Å². The van der Waals surface area contributed by atoms with E-state index in [9.17, 15) is 20.0 Å². The van der Waals surface area contributed by atoms with Crippen molar-refractivity contribution in [1.82, 2.24) is 5.43 Å². The summed E-state index contributed by atoms with van der Waals surface area (Å²) in [4.78, 5) is 23.0. The number of phenolic OH excluding ortho intramolecular Hbond substituents is 1. The van der Waals surface area contributed by atoms with Gasteiger partial charge in [0.25, 0.3) is 11.6 Å². The van der Waals surface area contributed by atoms with Crippen LogP contribution in [-0.2, 0) is 6.61 Å². The van der Waals surface area contributed by atoms with E-state index in [1.165, 1.54) is 18.3 Å². The quantitative estimate of drug-likeness (QED) is 0.107. The van der Waals surface area contributed by atoms with Gasteiger partial charge in [-0.05, 0) is 91.3 Å². The van der Waals surface area contributed by atoms with Crippen molar-refractivity contribution < 1.29 is 19.6 Å². The summed E-state index contributed by atoms with van der Waals surface area (Å²) in [5, 5.41) is 26.9. The number of carbonyl (C=O) groups excluding carboxylic acids is 1. The Kier molecular flexibility index (Phi) is 7.80. The van der Waals surface area contributed by atoms with Gasteiger partial charge in [0.15, 0.2) is 0 Å². The molecule has 0 bridgehead atoms. The van der Waals surface area contributed by atoms with Gasteiger partial charge in [-0.3, -0.25) is 14.9 Å². The summed E-state index contributed by atoms with van der Waals surface area (Å²) >= 11 is 4.28. The molecule has 4 aromatic carbocycles. The second kappa shape index (κ2) is 11.0. The standard InChI is InChI=1S/C25H17I2N3O5/c26-21-9-16(10-22(27)24(21)35-14-15-4-3-7-19(8-15)30(33)34)13-28-29-25(32)20-11-17-5-1-2-6-18(17)12-23(20)31/h1-13,31H,14H2,(H,29,32). The third kappa shape index (κ3) is 6.06. The van der Waals surface area contributed by atoms with Crippen molar-refractivity contribution in [1.29, 1.82) is 0 Å². The van der Waals surface area contributed by atoms with E-state index >= 15 is 0 Å². The van der Waals surface area contributed by atoms with Crippen LogP contribution in [0, 0.1) is 17.3 Å². The number of non-ortho nitro benzene ring substituents is 1. The van der Waals surface area contributed by atoms with E-state index in [-0.39, 0.29) is 23.6 Å². The van der Waals surface area contributed by atoms with Crippen molar-refractivity contribution in [2.45, 2.75) is 6.61 Å². The van der Waals surface area contributed by atoms with Crippen molar-refractivity contribution in [2.75, 3.05) is 0 Å². The molecular weight excluding hydrogens is 676 g/mol. The van der Waals surface area contributed by atoms with Crippen molar-refractivity contribution in [3.63, 3.8) is 0 Å². The fourth-order valence-electron chi connectivity index (χ4n) is 3.34. The number of hydrogen-bond donors (Lipinski definition) is 2. The van der Waals surface area contributed by atoms with Crippen molar-refractivity contribution in [3.05, 3.63) is 107 Å². The lowest BCUT2D eigenvalue weighted by molar-refractivity contribution is -0.384. The first-order chi connectivity index (χ1) is 16.8. The first kappa shape index (κ1) is 24.9. The van der Waals surface area contributed by atoms with Gasteiger partial charge in [0.1, 0.15) is 18.1 Å². The van der Waals surface area contributed by atoms with Crippen LogP contribution in [0.5, 0.6) is 11.5 Å². The van der Waals surface area contributed by atoms with Crippen LogP contribution in [0.3, 0.4) is 0 Å². The van der Waals surface area contributed by atoms with E-state index in [4.69, 9.17) is 4.74 Å². The van der Waals surface area contributed by atoms with Crippen LogP contribution in [0.15, 0.2) is 77.9 Å². The molecule has 4 rings (SSSR count). The second-order valence-electron chi connectivity index (χ2n) is 7.44. The minimum Gasteiger partial charge on any atom is -0.507 e. The Bertz CT molecular complexity index is 1450. The number of benzene rings is 4. The zero-order valence-electron chi connectivity index (χ0n) is 17.9. The molecule has 1 amide bonds. The molecule has 0 radical (unpaired) electrons. The highest BCUT2D eigenvalue weighted by Crippen LogP contribution is 2.30. The lowest BCUT2D eigenvalue weighted by atomic mass is 10.1. The molecule has 0 atom stereocenters. The number of nitro groups is 1. The smallest absolute Gasteiger partial charge is 0.275 e. The number of amides is 1. The first-order valence-corrected chi connectivity index (χ1v) is 12.4. The molecule has 0 unspecified atom stereocenters. The first-order valence-electron chi connectivity index (χ1n) is 10.2. The SMILES string of the molecule is O=C(NN=Cc1cc(I)c(OCc2cccc([N+](=O)[O-])c2)c(I)c1)c1cc2ccccc2cc1O. The Morgan fingerprint density at radius 1 is 1.03 bits per heavy atom. The largest absolute Gasteiger partial charge is 0.507 e. The molecule has 10 heteroatoms. The van der Waals surface area contributed by atoms with E-state index in [2.05, 4.69) is 55.7 Å². The molecule has 0 heterocycles. The fourth-order valence-corrected chi connectivity index (χ4v) is 5.47. The van der Waals surface area contributed by atoms with Gasteiger partial charge < -0.3 is 9.84 Å². The molecule has 8 nitrogen and oxygen atoms in total. The van der Waals surface area contributed by atoms with Crippen LogP contribution in [-0.4, -0.2) is 22.2 Å². The monoisotopic (exact) mass is 693 g/mol. The Hall–Kier alpha value is -3.26. The molecule has 0 saturated carbocycles.